The summed E-state index contributed by atoms with van der Waals surface area (Å²) in [5.41, 5.74) is 5.72. The van der Waals surface area contributed by atoms with Crippen LogP contribution < -0.4 is 15.4 Å². The molecule has 0 atom stereocenters. The van der Waals surface area contributed by atoms with Crippen LogP contribution in [0.2, 0.25) is 0 Å². The van der Waals surface area contributed by atoms with Crippen LogP contribution in [0.25, 0.3) is 0 Å². The van der Waals surface area contributed by atoms with Gasteiger partial charge in [-0.2, -0.15) is 0 Å². The molecule has 1 heterocycles. The fraction of sp³-hybridized carbons (Fsp3) is 0.600. The molecule has 159 valence electrons. The van der Waals surface area contributed by atoms with Gasteiger partial charge in [0, 0.05) is 77.2 Å². The normalized spacial score (nSPS) is 18.2. The number of hydrogen-bond donors (Lipinski definition) is 3. The molecule has 1 aromatic carbocycles. The number of rotatable bonds is 3. The molecule has 0 spiro atoms. The zero-order valence-electron chi connectivity index (χ0n) is 17.7. The minimum absolute atomic E-state index is 0. The molecule has 1 aliphatic heterocycles. The molecule has 0 aromatic heterocycles. The Hall–Kier alpha value is -0.654. The van der Waals surface area contributed by atoms with Gasteiger partial charge in [0.05, 0.1) is 5.25 Å². The Balaban J connectivity index is 0.00000256. The molecule has 30 heavy (non-hydrogen) atoms. The van der Waals surface area contributed by atoms with Crippen LogP contribution >= 0.6 is 0 Å². The number of amides is 4. The summed E-state index contributed by atoms with van der Waals surface area (Å²) in [6, 6.07) is 1.37. The predicted octanol–water partition coefficient (Wildman–Crippen LogP) is 1.54. The van der Waals surface area contributed by atoms with E-state index >= 15 is 0 Å². The second kappa shape index (κ2) is 9.87. The van der Waals surface area contributed by atoms with Crippen molar-refractivity contribution >= 4 is 79.2 Å². The number of nitrogens with one attached hydrogen (secondary N) is 3. The molecule has 4 rings (SSSR count). The Bertz CT molecular complexity index is 910. The Morgan fingerprint density at radius 1 is 1.00 bits per heavy atom. The minimum atomic E-state index is -3.81. The van der Waals surface area contributed by atoms with E-state index < -0.39 is 21.3 Å². The summed E-state index contributed by atoms with van der Waals surface area (Å²) in [5.74, 6) is 0. The van der Waals surface area contributed by atoms with Crippen molar-refractivity contribution in [2.75, 3.05) is 25.5 Å². The van der Waals surface area contributed by atoms with Crippen molar-refractivity contribution in [3.05, 3.63) is 28.3 Å². The molecule has 1 fully saturated rings. The van der Waals surface area contributed by atoms with E-state index in [9.17, 15) is 18.0 Å². The second-order valence-corrected chi connectivity index (χ2v) is 10.0. The molecule has 0 unspecified atom stereocenters. The van der Waals surface area contributed by atoms with E-state index in [4.69, 9.17) is 0 Å². The molecule has 4 amide bonds. The molecule has 1 saturated heterocycles. The first-order chi connectivity index (χ1) is 13.9. The number of urea groups is 2. The first-order valence-electron chi connectivity index (χ1n) is 10.3. The number of hydrogen-bond acceptors (Lipinski definition) is 4. The van der Waals surface area contributed by atoms with E-state index in [1.807, 2.05) is 0 Å². The molecule has 1 radical (unpaired) electrons. The first-order valence-corrected chi connectivity index (χ1v) is 11.9. The van der Waals surface area contributed by atoms with Gasteiger partial charge < -0.3 is 15.5 Å². The number of carbonyl (C=O) groups is 2. The average Bonchev–Trinajstić information content (AvgIpc) is 3.36. The van der Waals surface area contributed by atoms with Gasteiger partial charge in [0.1, 0.15) is 0 Å². The number of aryl methyl sites for hydroxylation is 2. The van der Waals surface area contributed by atoms with E-state index in [-0.39, 0.29) is 57.4 Å². The monoisotopic (exact) mass is 459 g/mol. The van der Waals surface area contributed by atoms with Crippen LogP contribution in [0.5, 0.6) is 0 Å². The zero-order chi connectivity index (χ0) is 20.6. The van der Waals surface area contributed by atoms with Gasteiger partial charge in [-0.05, 0) is 73.6 Å². The summed E-state index contributed by atoms with van der Waals surface area (Å²) in [6.45, 7) is 0.707. The molecule has 3 aliphatic rings. The summed E-state index contributed by atoms with van der Waals surface area (Å²) in [5, 5.41) is 4.74. The summed E-state index contributed by atoms with van der Waals surface area (Å²) in [7, 11) is -2.26. The van der Waals surface area contributed by atoms with Gasteiger partial charge in [0.2, 0.25) is 10.0 Å². The smallest absolute Gasteiger partial charge is 0.332 e. The van der Waals surface area contributed by atoms with Gasteiger partial charge in [-0.25, -0.2) is 22.7 Å². The van der Waals surface area contributed by atoms with Crippen LogP contribution in [0, 0.1) is 0 Å². The fourth-order valence-corrected chi connectivity index (χ4v) is 6.15. The van der Waals surface area contributed by atoms with Crippen molar-refractivity contribution in [3.63, 3.8) is 0 Å². The summed E-state index contributed by atoms with van der Waals surface area (Å²) < 4.78 is 27.6. The molecule has 2 aliphatic carbocycles. The molecule has 3 N–H and O–H groups in total. The van der Waals surface area contributed by atoms with Crippen molar-refractivity contribution in [3.8, 4) is 0 Å². The molecule has 0 saturated carbocycles. The summed E-state index contributed by atoms with van der Waals surface area (Å²) >= 11 is 0. The molecule has 1 aromatic rings. The Morgan fingerprint density at radius 3 is 2.10 bits per heavy atom. The number of anilines is 1. The quantitative estimate of drug-likeness (QED) is 0.596. The Kier molecular flexibility index (Phi) is 7.89. The first kappa shape index (κ1) is 24.0. The van der Waals surface area contributed by atoms with Gasteiger partial charge in [-0.3, -0.25) is 0 Å². The van der Waals surface area contributed by atoms with Crippen molar-refractivity contribution in [1.82, 2.24) is 14.9 Å². The fourth-order valence-electron chi connectivity index (χ4n) is 4.85. The van der Waals surface area contributed by atoms with E-state index in [0.29, 0.717) is 25.9 Å². The van der Waals surface area contributed by atoms with Crippen molar-refractivity contribution < 1.29 is 18.0 Å². The van der Waals surface area contributed by atoms with E-state index in [2.05, 4.69) is 21.4 Å². The molecular weight excluding hydrogens is 431 g/mol. The average molecular weight is 460 g/mol. The maximum Gasteiger partial charge on any atom is 0.332 e. The third kappa shape index (κ3) is 4.88. The Labute approximate surface area is 220 Å². The van der Waals surface area contributed by atoms with Crippen LogP contribution in [0.3, 0.4) is 0 Å². The SMILES string of the molecule is CNC(=O)N1CCC(S(=O)(=O)NC(=O)Nc2c3c(cc4c2CCC4)CCC3)CC1.[K]. The molecular formula is C20H28KN4O4S. The standard InChI is InChI=1S/C20H28N4O4S.K/c1-21-20(26)24-10-8-15(9-11-24)29(27,28)23-19(25)22-18-16-6-2-4-13(16)12-14-5-3-7-17(14)18;/h12,15H,2-11H2,1H3,(H,21,26)(H2,22,23,25);. The zero-order valence-corrected chi connectivity index (χ0v) is 21.7. The number of piperidine rings is 1. The van der Waals surface area contributed by atoms with Gasteiger partial charge in [-0.15, -0.1) is 0 Å². The topological polar surface area (TPSA) is 108 Å². The minimum Gasteiger partial charge on any atom is -0.341 e. The van der Waals surface area contributed by atoms with Crippen molar-refractivity contribution in [1.29, 1.82) is 0 Å². The number of sulfonamides is 1. The van der Waals surface area contributed by atoms with Gasteiger partial charge in [0.25, 0.3) is 0 Å². The number of benzene rings is 1. The number of nitrogens with zero attached hydrogens (tertiary/aromatic N) is 1. The van der Waals surface area contributed by atoms with E-state index in [1.54, 1.807) is 11.9 Å². The van der Waals surface area contributed by atoms with Crippen LogP contribution in [-0.4, -0.2) is 102 Å². The third-order valence-electron chi connectivity index (χ3n) is 6.33. The second-order valence-electron chi connectivity index (χ2n) is 8.08. The summed E-state index contributed by atoms with van der Waals surface area (Å²) in [4.78, 5) is 25.9. The number of carbonyl (C=O) groups excluding carboxylic acids is 2. The van der Waals surface area contributed by atoms with E-state index in [0.717, 1.165) is 55.3 Å². The Morgan fingerprint density at radius 2 is 1.57 bits per heavy atom. The van der Waals surface area contributed by atoms with Gasteiger partial charge >= 0.3 is 12.1 Å². The van der Waals surface area contributed by atoms with Crippen molar-refractivity contribution in [2.45, 2.75) is 56.6 Å². The maximum absolute atomic E-state index is 12.7. The van der Waals surface area contributed by atoms with E-state index in [1.165, 1.54) is 11.1 Å². The van der Waals surface area contributed by atoms with Crippen molar-refractivity contribution in [2.24, 2.45) is 0 Å². The number of likely N-dealkylation sites (tertiary alicyclic amines) is 1. The van der Waals surface area contributed by atoms with Crippen LogP contribution in [0.1, 0.15) is 47.9 Å². The van der Waals surface area contributed by atoms with Crippen LogP contribution in [-0.2, 0) is 35.7 Å². The molecule has 0 bridgehead atoms. The van der Waals surface area contributed by atoms with Gasteiger partial charge in [-0.1, -0.05) is 6.07 Å². The van der Waals surface area contributed by atoms with Crippen LogP contribution in [0.4, 0.5) is 15.3 Å². The number of fused-ring (bicyclic) bond motifs is 2. The molecule has 10 heteroatoms. The third-order valence-corrected chi connectivity index (χ3v) is 8.15. The van der Waals surface area contributed by atoms with Gasteiger partial charge in [0.15, 0.2) is 0 Å². The largest absolute Gasteiger partial charge is 0.341 e. The summed E-state index contributed by atoms with van der Waals surface area (Å²) in [6.07, 6.45) is 6.62. The predicted molar refractivity (Wildman–Crippen MR) is 116 cm³/mol. The van der Waals surface area contributed by atoms with Crippen LogP contribution in [0.15, 0.2) is 6.07 Å². The maximum atomic E-state index is 12.7. The molecule has 8 nitrogen and oxygen atoms in total.